The summed E-state index contributed by atoms with van der Waals surface area (Å²) in [7, 11) is 0. The molecule has 1 heterocycles. The number of hydrogen-bond donors (Lipinski definition) is 1. The minimum absolute atomic E-state index is 0.0979. The van der Waals surface area contributed by atoms with E-state index in [-0.39, 0.29) is 11.0 Å². The highest BCUT2D eigenvalue weighted by molar-refractivity contribution is 5.03. The predicted octanol–water partition coefficient (Wildman–Crippen LogP) is 2.47. The van der Waals surface area contributed by atoms with Crippen molar-refractivity contribution in [1.82, 2.24) is 14.9 Å². The van der Waals surface area contributed by atoms with E-state index in [4.69, 9.17) is 5.26 Å². The Morgan fingerprint density at radius 2 is 2.22 bits per heavy atom. The summed E-state index contributed by atoms with van der Waals surface area (Å²) in [4.78, 5) is 4.41. The van der Waals surface area contributed by atoms with Crippen molar-refractivity contribution in [2.45, 2.75) is 58.7 Å². The summed E-state index contributed by atoms with van der Waals surface area (Å²) >= 11 is 0. The third-order valence-corrected chi connectivity index (χ3v) is 3.50. The SMILES string of the molecule is CC(C)(C)NCc1nccn1CC1(CC#N)CC1. The molecule has 0 amide bonds. The summed E-state index contributed by atoms with van der Waals surface area (Å²) in [6.07, 6.45) is 6.88. The van der Waals surface area contributed by atoms with Gasteiger partial charge in [-0.25, -0.2) is 4.98 Å². The van der Waals surface area contributed by atoms with Gasteiger partial charge in [-0.3, -0.25) is 0 Å². The molecule has 0 bridgehead atoms. The molecule has 1 saturated carbocycles. The maximum absolute atomic E-state index is 8.86. The van der Waals surface area contributed by atoms with E-state index in [1.54, 1.807) is 0 Å². The molecule has 4 nitrogen and oxygen atoms in total. The highest BCUT2D eigenvalue weighted by atomic mass is 15.1. The minimum Gasteiger partial charge on any atom is -0.333 e. The van der Waals surface area contributed by atoms with Gasteiger partial charge < -0.3 is 9.88 Å². The van der Waals surface area contributed by atoms with Gasteiger partial charge in [0.05, 0.1) is 12.6 Å². The molecule has 1 aliphatic carbocycles. The fourth-order valence-electron chi connectivity index (χ4n) is 2.09. The zero-order valence-corrected chi connectivity index (χ0v) is 11.5. The van der Waals surface area contributed by atoms with Gasteiger partial charge in [0, 0.05) is 36.3 Å². The Kier molecular flexibility index (Phi) is 3.45. The van der Waals surface area contributed by atoms with Crippen molar-refractivity contribution in [3.63, 3.8) is 0 Å². The Labute approximate surface area is 109 Å². The molecule has 1 aliphatic rings. The second-order valence-corrected chi connectivity index (χ2v) is 6.41. The fraction of sp³-hybridized carbons (Fsp3) is 0.714. The summed E-state index contributed by atoms with van der Waals surface area (Å²) in [6, 6.07) is 2.31. The quantitative estimate of drug-likeness (QED) is 0.868. The lowest BCUT2D eigenvalue weighted by molar-refractivity contribution is 0.388. The molecule has 1 fully saturated rings. The first-order chi connectivity index (χ1) is 8.44. The first kappa shape index (κ1) is 13.1. The summed E-state index contributed by atoms with van der Waals surface area (Å²) < 4.78 is 2.20. The van der Waals surface area contributed by atoms with Crippen LogP contribution in [0, 0.1) is 16.7 Å². The molecule has 2 rings (SSSR count). The van der Waals surface area contributed by atoms with E-state index < -0.39 is 0 Å². The first-order valence-corrected chi connectivity index (χ1v) is 6.56. The van der Waals surface area contributed by atoms with Crippen molar-refractivity contribution >= 4 is 0 Å². The van der Waals surface area contributed by atoms with Crippen LogP contribution in [0.5, 0.6) is 0 Å². The topological polar surface area (TPSA) is 53.6 Å². The van der Waals surface area contributed by atoms with Gasteiger partial charge in [-0.1, -0.05) is 0 Å². The maximum atomic E-state index is 8.86. The molecule has 0 aliphatic heterocycles. The number of rotatable bonds is 5. The molecular weight excluding hydrogens is 224 g/mol. The van der Waals surface area contributed by atoms with E-state index in [1.807, 2.05) is 12.4 Å². The van der Waals surface area contributed by atoms with E-state index in [1.165, 1.54) is 12.8 Å². The lowest BCUT2D eigenvalue weighted by Crippen LogP contribution is -2.36. The van der Waals surface area contributed by atoms with Gasteiger partial charge in [-0.05, 0) is 33.6 Å². The lowest BCUT2D eigenvalue weighted by atomic mass is 10.0. The van der Waals surface area contributed by atoms with Crippen LogP contribution in [0.4, 0.5) is 0 Å². The van der Waals surface area contributed by atoms with Gasteiger partial charge in [0.15, 0.2) is 0 Å². The van der Waals surface area contributed by atoms with E-state index in [9.17, 15) is 0 Å². The van der Waals surface area contributed by atoms with Crippen molar-refractivity contribution in [2.24, 2.45) is 5.41 Å². The summed E-state index contributed by atoms with van der Waals surface area (Å²) in [6.45, 7) is 8.16. The van der Waals surface area contributed by atoms with Crippen LogP contribution in [0.25, 0.3) is 0 Å². The third-order valence-electron chi connectivity index (χ3n) is 3.50. The van der Waals surface area contributed by atoms with Crippen LogP contribution >= 0.6 is 0 Å². The zero-order valence-electron chi connectivity index (χ0n) is 11.5. The van der Waals surface area contributed by atoms with Crippen LogP contribution in [0.2, 0.25) is 0 Å². The monoisotopic (exact) mass is 246 g/mol. The molecule has 0 aromatic carbocycles. The van der Waals surface area contributed by atoms with Gasteiger partial charge in [-0.15, -0.1) is 0 Å². The van der Waals surface area contributed by atoms with Crippen molar-refractivity contribution in [1.29, 1.82) is 5.26 Å². The van der Waals surface area contributed by atoms with Crippen LogP contribution in [0.15, 0.2) is 12.4 Å². The Morgan fingerprint density at radius 3 is 2.78 bits per heavy atom. The normalized spacial score (nSPS) is 17.4. The Balaban J connectivity index is 1.98. The third kappa shape index (κ3) is 3.33. The summed E-state index contributed by atoms with van der Waals surface area (Å²) in [5.41, 5.74) is 0.326. The molecule has 0 saturated heterocycles. The van der Waals surface area contributed by atoms with Crippen molar-refractivity contribution < 1.29 is 0 Å². The Hall–Kier alpha value is -1.34. The van der Waals surface area contributed by atoms with E-state index in [0.29, 0.717) is 6.42 Å². The van der Waals surface area contributed by atoms with Gasteiger partial charge in [0.2, 0.25) is 0 Å². The summed E-state index contributed by atoms with van der Waals surface area (Å²) in [5, 5.41) is 12.3. The highest BCUT2D eigenvalue weighted by Crippen LogP contribution is 2.50. The van der Waals surface area contributed by atoms with Crippen LogP contribution in [0.3, 0.4) is 0 Å². The molecule has 18 heavy (non-hydrogen) atoms. The minimum atomic E-state index is 0.0979. The van der Waals surface area contributed by atoms with Gasteiger partial charge in [0.1, 0.15) is 5.82 Å². The smallest absolute Gasteiger partial charge is 0.122 e. The molecule has 98 valence electrons. The van der Waals surface area contributed by atoms with E-state index in [0.717, 1.165) is 18.9 Å². The molecule has 1 N–H and O–H groups in total. The predicted molar refractivity (Wildman–Crippen MR) is 70.7 cm³/mol. The van der Waals surface area contributed by atoms with Crippen LogP contribution in [-0.4, -0.2) is 15.1 Å². The Bertz CT molecular complexity index is 443. The number of hydrogen-bond acceptors (Lipinski definition) is 3. The number of imidazole rings is 1. The van der Waals surface area contributed by atoms with Crippen molar-refractivity contribution in [3.05, 3.63) is 18.2 Å². The average Bonchev–Trinajstić information content (AvgIpc) is 2.87. The van der Waals surface area contributed by atoms with Gasteiger partial charge in [-0.2, -0.15) is 5.26 Å². The maximum Gasteiger partial charge on any atom is 0.122 e. The van der Waals surface area contributed by atoms with Crippen LogP contribution < -0.4 is 5.32 Å². The molecule has 0 radical (unpaired) electrons. The zero-order chi connectivity index (χ0) is 13.2. The van der Waals surface area contributed by atoms with Gasteiger partial charge in [0.25, 0.3) is 0 Å². The summed E-state index contributed by atoms with van der Waals surface area (Å²) in [5.74, 6) is 1.06. The molecule has 1 aromatic rings. The van der Waals surface area contributed by atoms with Crippen molar-refractivity contribution in [2.75, 3.05) is 0 Å². The second-order valence-electron chi connectivity index (χ2n) is 6.41. The second kappa shape index (κ2) is 4.74. The van der Waals surface area contributed by atoms with Crippen LogP contribution in [0.1, 0.15) is 45.9 Å². The highest BCUT2D eigenvalue weighted by Gasteiger charge is 2.42. The Morgan fingerprint density at radius 1 is 1.50 bits per heavy atom. The molecule has 0 atom stereocenters. The number of nitrogens with one attached hydrogen (secondary N) is 1. The fourth-order valence-corrected chi connectivity index (χ4v) is 2.09. The molecule has 0 unspecified atom stereocenters. The number of aromatic nitrogens is 2. The average molecular weight is 246 g/mol. The first-order valence-electron chi connectivity index (χ1n) is 6.56. The number of nitrogens with zero attached hydrogens (tertiary/aromatic N) is 3. The number of nitriles is 1. The van der Waals surface area contributed by atoms with E-state index in [2.05, 4.69) is 41.7 Å². The van der Waals surface area contributed by atoms with Crippen LogP contribution in [-0.2, 0) is 13.1 Å². The molecule has 4 heteroatoms. The molecular formula is C14H22N4. The lowest BCUT2D eigenvalue weighted by Gasteiger charge is -2.21. The molecule has 1 aromatic heterocycles. The standard InChI is InChI=1S/C14H22N4/c1-13(2,3)17-10-12-16-8-9-18(12)11-14(4-5-14)6-7-15/h8-9,17H,4-6,10-11H2,1-3H3. The largest absolute Gasteiger partial charge is 0.333 e. The van der Waals surface area contributed by atoms with Crippen molar-refractivity contribution in [3.8, 4) is 6.07 Å². The van der Waals surface area contributed by atoms with E-state index >= 15 is 0 Å². The van der Waals surface area contributed by atoms with Gasteiger partial charge >= 0.3 is 0 Å². The molecule has 0 spiro atoms.